The van der Waals surface area contributed by atoms with E-state index in [0.717, 1.165) is 60.4 Å². The Hall–Kier alpha value is -5.36. The molecule has 1 aliphatic rings. The van der Waals surface area contributed by atoms with E-state index in [9.17, 15) is 5.11 Å². The molecule has 0 fully saturated rings. The summed E-state index contributed by atoms with van der Waals surface area (Å²) in [6.45, 7) is 2.23. The summed E-state index contributed by atoms with van der Waals surface area (Å²) in [5, 5.41) is 27.2. The Morgan fingerprint density at radius 2 is 1.53 bits per heavy atom. The average molecular weight is 564 g/mol. The van der Waals surface area contributed by atoms with E-state index < -0.39 is 5.54 Å². The van der Waals surface area contributed by atoms with Crippen LogP contribution in [0.1, 0.15) is 18.1 Å². The normalized spacial score (nSPS) is 16.7. The number of hydrogen-bond donors (Lipinski definition) is 1. The van der Waals surface area contributed by atoms with Crippen LogP contribution in [0.15, 0.2) is 119 Å². The lowest BCUT2D eigenvalue weighted by atomic mass is 9.91. The first kappa shape index (κ1) is 26.5. The number of nitrogens with zero attached hydrogens (tertiary/aromatic N) is 5. The van der Waals surface area contributed by atoms with Crippen molar-refractivity contribution in [2.75, 3.05) is 31.1 Å². The second-order valence-corrected chi connectivity index (χ2v) is 11.5. The Morgan fingerprint density at radius 1 is 0.791 bits per heavy atom. The largest absolute Gasteiger partial charge is 0.508 e. The Morgan fingerprint density at radius 3 is 2.30 bits per heavy atom. The molecule has 6 nitrogen and oxygen atoms in total. The second-order valence-electron chi connectivity index (χ2n) is 11.5. The number of anilines is 1. The van der Waals surface area contributed by atoms with Crippen LogP contribution < -0.4 is 20.5 Å². The van der Waals surface area contributed by atoms with Gasteiger partial charge in [0, 0.05) is 42.8 Å². The topological polar surface area (TPSA) is 56.4 Å². The lowest BCUT2D eigenvalue weighted by molar-refractivity contribution is 0.476. The number of aromatic nitrogens is 1. The zero-order valence-electron chi connectivity index (χ0n) is 24.7. The van der Waals surface area contributed by atoms with E-state index in [1.807, 2.05) is 62.6 Å². The van der Waals surface area contributed by atoms with Gasteiger partial charge in [-0.3, -0.25) is 4.68 Å². The van der Waals surface area contributed by atoms with Crippen molar-refractivity contribution in [2.45, 2.75) is 12.5 Å². The molecule has 0 spiro atoms. The number of azo groups is 1. The summed E-state index contributed by atoms with van der Waals surface area (Å²) >= 11 is 0. The van der Waals surface area contributed by atoms with Crippen molar-refractivity contribution in [1.29, 1.82) is 0 Å². The number of phenols is 1. The molecule has 1 aromatic heterocycles. The Labute approximate surface area is 250 Å². The summed E-state index contributed by atoms with van der Waals surface area (Å²) in [6.07, 6.45) is 4.52. The van der Waals surface area contributed by atoms with Crippen molar-refractivity contribution in [3.8, 4) is 5.75 Å². The Balaban J connectivity index is 1.28. The average Bonchev–Trinajstić information content (AvgIpc) is 3.46. The van der Waals surface area contributed by atoms with Crippen LogP contribution in [0.5, 0.6) is 5.75 Å². The van der Waals surface area contributed by atoms with Crippen molar-refractivity contribution in [2.24, 2.45) is 10.2 Å². The van der Waals surface area contributed by atoms with E-state index in [2.05, 4.69) is 106 Å². The summed E-state index contributed by atoms with van der Waals surface area (Å²) in [5.41, 5.74) is 5.72. The van der Waals surface area contributed by atoms with Crippen LogP contribution in [-0.4, -0.2) is 30.9 Å². The summed E-state index contributed by atoms with van der Waals surface area (Å²) in [4.78, 5) is 2.09. The molecule has 43 heavy (non-hydrogen) atoms. The number of phenolic OH excluding ortho intramolecular Hbond substituents is 1. The molecule has 6 aromatic rings. The fourth-order valence-electron chi connectivity index (χ4n) is 6.07. The highest BCUT2D eigenvalue weighted by atomic mass is 16.3. The molecule has 0 amide bonds. The minimum absolute atomic E-state index is 0.257. The van der Waals surface area contributed by atoms with E-state index in [-0.39, 0.29) is 5.75 Å². The number of aromatic hydroxyl groups is 1. The molecule has 0 saturated heterocycles. The lowest BCUT2D eigenvalue weighted by Gasteiger charge is -2.35. The van der Waals surface area contributed by atoms with Crippen molar-refractivity contribution < 1.29 is 5.11 Å². The monoisotopic (exact) mass is 563 g/mol. The van der Waals surface area contributed by atoms with Crippen molar-refractivity contribution >= 4 is 50.9 Å². The number of benzene rings is 5. The van der Waals surface area contributed by atoms with Crippen LogP contribution in [-0.2, 0) is 5.54 Å². The second kappa shape index (κ2) is 10.2. The predicted octanol–water partition coefficient (Wildman–Crippen LogP) is 7.09. The SMILES string of the molecule is CN(C)c1ccc(/C=c2\c3n(c4ccc(O)cc24)N(C)C(C)(c2ccc(N=Nc4cccc5ccccc45)cc2)C=3)cc1. The summed E-state index contributed by atoms with van der Waals surface area (Å²) in [7, 11) is 6.20. The van der Waals surface area contributed by atoms with E-state index >= 15 is 0 Å². The summed E-state index contributed by atoms with van der Waals surface area (Å²) in [6, 6.07) is 36.8. The number of fused-ring (bicyclic) bond motifs is 4. The van der Waals surface area contributed by atoms with Crippen LogP contribution in [0.3, 0.4) is 0 Å². The van der Waals surface area contributed by atoms with Gasteiger partial charge in [0.15, 0.2) is 0 Å². The quantitative estimate of drug-likeness (QED) is 0.228. The highest BCUT2D eigenvalue weighted by Gasteiger charge is 2.36. The number of hydrogen-bond acceptors (Lipinski definition) is 5. The van der Waals surface area contributed by atoms with Gasteiger partial charge in [-0.1, -0.05) is 60.7 Å². The first-order valence-corrected chi connectivity index (χ1v) is 14.4. The fourth-order valence-corrected chi connectivity index (χ4v) is 6.07. The molecule has 1 unspecified atom stereocenters. The molecule has 5 aromatic carbocycles. The molecule has 1 atom stereocenters. The highest BCUT2D eigenvalue weighted by molar-refractivity contribution is 5.92. The summed E-state index contributed by atoms with van der Waals surface area (Å²) in [5.74, 6) is 0.257. The maximum Gasteiger partial charge on any atom is 0.116 e. The van der Waals surface area contributed by atoms with Gasteiger partial charge in [-0.05, 0) is 84.1 Å². The highest BCUT2D eigenvalue weighted by Crippen LogP contribution is 2.34. The molecular weight excluding hydrogens is 530 g/mol. The lowest BCUT2D eigenvalue weighted by Crippen LogP contribution is -2.44. The molecule has 0 saturated carbocycles. The molecular formula is C37H33N5O. The molecule has 0 bridgehead atoms. The molecule has 0 radical (unpaired) electrons. The minimum atomic E-state index is -0.399. The zero-order valence-corrected chi connectivity index (χ0v) is 24.7. The molecule has 212 valence electrons. The van der Waals surface area contributed by atoms with Gasteiger partial charge in [0.05, 0.1) is 27.8 Å². The van der Waals surface area contributed by atoms with E-state index in [4.69, 9.17) is 0 Å². The van der Waals surface area contributed by atoms with Crippen LogP contribution in [0.25, 0.3) is 33.8 Å². The minimum Gasteiger partial charge on any atom is -0.508 e. The van der Waals surface area contributed by atoms with Gasteiger partial charge in [-0.15, -0.1) is 5.11 Å². The van der Waals surface area contributed by atoms with Crippen LogP contribution in [0, 0.1) is 0 Å². The van der Waals surface area contributed by atoms with E-state index in [1.165, 1.54) is 0 Å². The van der Waals surface area contributed by atoms with Gasteiger partial charge in [0.25, 0.3) is 0 Å². The zero-order chi connectivity index (χ0) is 29.7. The molecule has 6 heteroatoms. The molecule has 0 aliphatic carbocycles. The third-order valence-corrected chi connectivity index (χ3v) is 8.60. The maximum absolute atomic E-state index is 10.4. The van der Waals surface area contributed by atoms with Crippen LogP contribution >= 0.6 is 0 Å². The smallest absolute Gasteiger partial charge is 0.116 e. The molecule has 1 aliphatic heterocycles. The first-order valence-electron chi connectivity index (χ1n) is 14.4. The molecule has 2 heterocycles. The van der Waals surface area contributed by atoms with Crippen molar-refractivity contribution in [3.63, 3.8) is 0 Å². The first-order chi connectivity index (χ1) is 20.8. The third-order valence-electron chi connectivity index (χ3n) is 8.60. The fraction of sp³-hybridized carbons (Fsp3) is 0.135. The van der Waals surface area contributed by atoms with Gasteiger partial charge in [-0.25, -0.2) is 0 Å². The molecule has 7 rings (SSSR count). The van der Waals surface area contributed by atoms with Crippen LogP contribution in [0.4, 0.5) is 17.1 Å². The van der Waals surface area contributed by atoms with Gasteiger partial charge in [-0.2, -0.15) is 5.11 Å². The van der Waals surface area contributed by atoms with Crippen molar-refractivity contribution in [1.82, 2.24) is 4.68 Å². The number of rotatable bonds is 5. The van der Waals surface area contributed by atoms with E-state index in [1.54, 1.807) is 6.07 Å². The van der Waals surface area contributed by atoms with Gasteiger partial charge < -0.3 is 15.0 Å². The predicted molar refractivity (Wildman–Crippen MR) is 178 cm³/mol. The van der Waals surface area contributed by atoms with Gasteiger partial charge in [0.2, 0.25) is 0 Å². The molecule has 1 N–H and O–H groups in total. The standard InChI is InChI=1S/C37H33N5O/c1-37(27-14-16-28(17-15-27)38-39-34-11-7-9-26-8-5-6-10-31(26)34)24-36-32(22-25-12-18-29(19-13-25)40(2)3)33-23-30(43)20-21-35(33)42(36)41(37)4/h5-24,43H,1-4H3/b32-22-,39-38?. The van der Waals surface area contributed by atoms with Gasteiger partial charge >= 0.3 is 0 Å². The van der Waals surface area contributed by atoms with Crippen molar-refractivity contribution in [3.05, 3.63) is 131 Å². The summed E-state index contributed by atoms with van der Waals surface area (Å²) < 4.78 is 2.25. The van der Waals surface area contributed by atoms with Gasteiger partial charge in [0.1, 0.15) is 5.75 Å². The third kappa shape index (κ3) is 4.52. The van der Waals surface area contributed by atoms with Crippen LogP contribution in [0.2, 0.25) is 0 Å². The Kier molecular flexibility index (Phi) is 6.28. The van der Waals surface area contributed by atoms with E-state index in [0.29, 0.717) is 0 Å². The maximum atomic E-state index is 10.4. The Bertz CT molecular complexity index is 2140.